The molecule has 1 heterocycles. The predicted molar refractivity (Wildman–Crippen MR) is 105 cm³/mol. The second-order valence-corrected chi connectivity index (χ2v) is 6.12. The molecule has 2 N–H and O–H groups in total. The third-order valence-corrected chi connectivity index (χ3v) is 4.07. The van der Waals surface area contributed by atoms with E-state index in [1.54, 1.807) is 22.8 Å². The molecule has 0 aliphatic heterocycles. The lowest BCUT2D eigenvalue weighted by Crippen LogP contribution is -2.42. The number of likely N-dealkylation sites (N-methyl/N-ethyl adjacent to an activating group) is 1. The van der Waals surface area contributed by atoms with Crippen LogP contribution in [0.1, 0.15) is 11.1 Å². The first-order valence-electron chi connectivity index (χ1n) is 8.27. The number of hydrogen-bond donors (Lipinski definition) is 1. The van der Waals surface area contributed by atoms with Crippen LogP contribution < -0.4 is 5.73 Å². The zero-order valence-corrected chi connectivity index (χ0v) is 15.5. The number of hydrogen-bond acceptors (Lipinski definition) is 3. The van der Waals surface area contributed by atoms with Crippen molar-refractivity contribution in [3.05, 3.63) is 84.2 Å². The van der Waals surface area contributed by atoms with Gasteiger partial charge in [0.1, 0.15) is 0 Å². The molecular weight excluding hydrogens is 348 g/mol. The summed E-state index contributed by atoms with van der Waals surface area (Å²) in [6, 6.07) is 19.2. The summed E-state index contributed by atoms with van der Waals surface area (Å²) in [6.07, 6.45) is 4.24. The molecule has 1 unspecified atom stereocenters. The van der Waals surface area contributed by atoms with Crippen LogP contribution in [0.3, 0.4) is 0 Å². The Balaban J connectivity index is 0.00000243. The number of aromatic nitrogens is 2. The zero-order chi connectivity index (χ0) is 17.6. The standard InChI is InChI=1S/C20H22N4O.ClH/c1-23(20(25)19(21)12-16-8-4-2-5-9-16)14-17-13-22-24(15-17)18-10-6-3-7-11-18;/h2-11,13,15,19H,12,14,21H2,1H3;1H. The largest absolute Gasteiger partial charge is 0.340 e. The molecule has 5 nitrogen and oxygen atoms in total. The van der Waals surface area contributed by atoms with Crippen LogP contribution in [0.4, 0.5) is 0 Å². The monoisotopic (exact) mass is 370 g/mol. The van der Waals surface area contributed by atoms with Gasteiger partial charge in [-0.1, -0.05) is 48.5 Å². The maximum absolute atomic E-state index is 12.5. The molecule has 0 radical (unpaired) electrons. The molecule has 0 saturated heterocycles. The van der Waals surface area contributed by atoms with Crippen molar-refractivity contribution in [2.75, 3.05) is 7.05 Å². The van der Waals surface area contributed by atoms with Crippen LogP contribution in [-0.2, 0) is 17.8 Å². The van der Waals surface area contributed by atoms with Crippen molar-refractivity contribution < 1.29 is 4.79 Å². The van der Waals surface area contributed by atoms with E-state index in [0.717, 1.165) is 16.8 Å². The Morgan fingerprint density at radius 3 is 2.35 bits per heavy atom. The van der Waals surface area contributed by atoms with Crippen molar-refractivity contribution in [1.82, 2.24) is 14.7 Å². The van der Waals surface area contributed by atoms with Gasteiger partial charge in [-0.3, -0.25) is 4.79 Å². The van der Waals surface area contributed by atoms with E-state index >= 15 is 0 Å². The number of amides is 1. The molecule has 3 aromatic rings. The quantitative estimate of drug-likeness (QED) is 0.725. The number of para-hydroxylation sites is 1. The van der Waals surface area contributed by atoms with E-state index in [0.29, 0.717) is 13.0 Å². The Bertz CT molecular complexity index is 820. The van der Waals surface area contributed by atoms with Crippen LogP contribution in [0.25, 0.3) is 5.69 Å². The van der Waals surface area contributed by atoms with Gasteiger partial charge in [-0.15, -0.1) is 12.4 Å². The average Bonchev–Trinajstić information content (AvgIpc) is 3.11. The Hall–Kier alpha value is -2.63. The van der Waals surface area contributed by atoms with Gasteiger partial charge in [-0.05, 0) is 24.1 Å². The lowest BCUT2D eigenvalue weighted by Gasteiger charge is -2.20. The normalized spacial score (nSPS) is 11.5. The number of halogens is 1. The van der Waals surface area contributed by atoms with Crippen molar-refractivity contribution in [3.63, 3.8) is 0 Å². The molecule has 0 aliphatic rings. The highest BCUT2D eigenvalue weighted by molar-refractivity contribution is 5.85. The molecule has 0 bridgehead atoms. The van der Waals surface area contributed by atoms with E-state index in [4.69, 9.17) is 5.73 Å². The molecule has 6 heteroatoms. The van der Waals surface area contributed by atoms with Crippen molar-refractivity contribution in [2.45, 2.75) is 19.0 Å². The highest BCUT2D eigenvalue weighted by Crippen LogP contribution is 2.10. The first-order chi connectivity index (χ1) is 12.1. The van der Waals surface area contributed by atoms with Gasteiger partial charge in [0.25, 0.3) is 0 Å². The maximum Gasteiger partial charge on any atom is 0.239 e. The highest BCUT2D eigenvalue weighted by Gasteiger charge is 2.19. The number of carbonyl (C=O) groups excluding carboxylic acids is 1. The summed E-state index contributed by atoms with van der Waals surface area (Å²) >= 11 is 0. The van der Waals surface area contributed by atoms with Gasteiger partial charge in [0.2, 0.25) is 5.91 Å². The number of rotatable bonds is 6. The minimum absolute atomic E-state index is 0. The third kappa shape index (κ3) is 4.94. The zero-order valence-electron chi connectivity index (χ0n) is 14.7. The summed E-state index contributed by atoms with van der Waals surface area (Å²) in [7, 11) is 1.77. The highest BCUT2D eigenvalue weighted by atomic mass is 35.5. The van der Waals surface area contributed by atoms with E-state index in [2.05, 4.69) is 5.10 Å². The van der Waals surface area contributed by atoms with Crippen molar-refractivity contribution >= 4 is 18.3 Å². The number of carbonyl (C=O) groups is 1. The SMILES string of the molecule is CN(Cc1cnn(-c2ccccc2)c1)C(=O)C(N)Cc1ccccc1.Cl. The first-order valence-corrected chi connectivity index (χ1v) is 8.27. The van der Waals surface area contributed by atoms with E-state index in [-0.39, 0.29) is 18.3 Å². The average molecular weight is 371 g/mol. The molecule has 0 saturated carbocycles. The van der Waals surface area contributed by atoms with E-state index in [1.165, 1.54) is 0 Å². The van der Waals surface area contributed by atoms with Gasteiger partial charge in [-0.2, -0.15) is 5.10 Å². The molecule has 0 fully saturated rings. The molecule has 0 spiro atoms. The fraction of sp³-hybridized carbons (Fsp3) is 0.200. The lowest BCUT2D eigenvalue weighted by molar-refractivity contribution is -0.131. The number of nitrogens with two attached hydrogens (primary N) is 1. The van der Waals surface area contributed by atoms with Crippen LogP contribution in [0, 0.1) is 0 Å². The van der Waals surface area contributed by atoms with Gasteiger partial charge in [0, 0.05) is 25.4 Å². The molecule has 2 aromatic carbocycles. The summed E-state index contributed by atoms with van der Waals surface area (Å²) in [4.78, 5) is 14.2. The summed E-state index contributed by atoms with van der Waals surface area (Å²) in [6.45, 7) is 0.480. The second kappa shape index (κ2) is 9.17. The van der Waals surface area contributed by atoms with Gasteiger partial charge in [0.15, 0.2) is 0 Å². The molecule has 1 aromatic heterocycles. The van der Waals surface area contributed by atoms with Crippen LogP contribution >= 0.6 is 12.4 Å². The Kier molecular flexibility index (Phi) is 6.95. The van der Waals surface area contributed by atoms with Gasteiger partial charge >= 0.3 is 0 Å². The van der Waals surface area contributed by atoms with Gasteiger partial charge in [0.05, 0.1) is 17.9 Å². The summed E-state index contributed by atoms with van der Waals surface area (Å²) < 4.78 is 1.80. The van der Waals surface area contributed by atoms with Crippen LogP contribution in [0.5, 0.6) is 0 Å². The summed E-state index contributed by atoms with van der Waals surface area (Å²) in [5, 5.41) is 4.36. The van der Waals surface area contributed by atoms with Crippen molar-refractivity contribution in [1.29, 1.82) is 0 Å². The molecule has 26 heavy (non-hydrogen) atoms. The molecule has 1 atom stereocenters. The Morgan fingerprint density at radius 1 is 1.08 bits per heavy atom. The fourth-order valence-corrected chi connectivity index (χ4v) is 2.75. The van der Waals surface area contributed by atoms with Gasteiger partial charge < -0.3 is 10.6 Å². The molecule has 0 aliphatic carbocycles. The predicted octanol–water partition coefficient (Wildman–Crippen LogP) is 2.82. The minimum Gasteiger partial charge on any atom is -0.340 e. The molecular formula is C20H23ClN4O. The first kappa shape index (κ1) is 19.7. The van der Waals surface area contributed by atoms with Crippen LogP contribution in [0.2, 0.25) is 0 Å². The Labute approximate surface area is 159 Å². The van der Waals surface area contributed by atoms with E-state index < -0.39 is 6.04 Å². The topological polar surface area (TPSA) is 64.2 Å². The van der Waals surface area contributed by atoms with Gasteiger partial charge in [-0.25, -0.2) is 4.68 Å². The van der Waals surface area contributed by atoms with Crippen LogP contribution in [0.15, 0.2) is 73.1 Å². The van der Waals surface area contributed by atoms with E-state index in [9.17, 15) is 4.79 Å². The fourth-order valence-electron chi connectivity index (χ4n) is 2.75. The maximum atomic E-state index is 12.5. The minimum atomic E-state index is -0.545. The third-order valence-electron chi connectivity index (χ3n) is 4.07. The van der Waals surface area contributed by atoms with Crippen molar-refractivity contribution in [3.8, 4) is 5.69 Å². The summed E-state index contributed by atoms with van der Waals surface area (Å²) in [5.41, 5.74) is 9.11. The van der Waals surface area contributed by atoms with Crippen molar-refractivity contribution in [2.24, 2.45) is 5.73 Å². The van der Waals surface area contributed by atoms with E-state index in [1.807, 2.05) is 66.9 Å². The van der Waals surface area contributed by atoms with Crippen LogP contribution in [-0.4, -0.2) is 33.7 Å². The molecule has 136 valence electrons. The smallest absolute Gasteiger partial charge is 0.239 e. The summed E-state index contributed by atoms with van der Waals surface area (Å²) in [5.74, 6) is -0.0729. The molecule has 1 amide bonds. The molecule has 3 rings (SSSR count). The lowest BCUT2D eigenvalue weighted by atomic mass is 10.1. The number of nitrogens with zero attached hydrogens (tertiary/aromatic N) is 3. The Morgan fingerprint density at radius 2 is 1.69 bits per heavy atom. The number of benzene rings is 2. The second-order valence-electron chi connectivity index (χ2n) is 6.12.